The van der Waals surface area contributed by atoms with Crippen LogP contribution in [-0.2, 0) is 25.5 Å². The van der Waals surface area contributed by atoms with E-state index in [1.54, 1.807) is 6.92 Å². The number of H-pyrrole nitrogens is 1. The summed E-state index contributed by atoms with van der Waals surface area (Å²) in [6.45, 7) is 2.23. The topological polar surface area (TPSA) is 114 Å². The summed E-state index contributed by atoms with van der Waals surface area (Å²) in [4.78, 5) is 29.8. The Kier molecular flexibility index (Phi) is 4.24. The first-order valence-corrected chi connectivity index (χ1v) is 6.05. The van der Waals surface area contributed by atoms with Gasteiger partial charge in [-0.1, -0.05) is 0 Å². The Morgan fingerprint density at radius 3 is 2.85 bits per heavy atom. The lowest BCUT2D eigenvalue weighted by Gasteiger charge is -2.21. The highest BCUT2D eigenvalue weighted by Gasteiger charge is 2.26. The minimum Gasteiger partial charge on any atom is -0.491 e. The molecule has 20 heavy (non-hydrogen) atoms. The van der Waals surface area contributed by atoms with Crippen molar-refractivity contribution < 1.29 is 24.2 Å². The highest BCUT2D eigenvalue weighted by Crippen LogP contribution is 2.13. The van der Waals surface area contributed by atoms with E-state index in [4.69, 9.17) is 14.6 Å². The van der Waals surface area contributed by atoms with Crippen LogP contribution in [-0.4, -0.2) is 46.2 Å². The molecule has 0 aliphatic carbocycles. The van der Waals surface area contributed by atoms with Gasteiger partial charge in [0.25, 0.3) is 5.91 Å². The summed E-state index contributed by atoms with van der Waals surface area (Å²) in [5.74, 6) is -1.37. The number of carbonyl (C=O) groups excluding carboxylic acids is 1. The molecular formula is C12H15N3O5. The Balaban J connectivity index is 2.04. The van der Waals surface area contributed by atoms with Crippen LogP contribution in [0.1, 0.15) is 12.6 Å². The van der Waals surface area contributed by atoms with E-state index in [9.17, 15) is 9.59 Å². The predicted molar refractivity (Wildman–Crippen MR) is 66.5 cm³/mol. The number of nitrogens with one attached hydrogen (secondary N) is 2. The number of imidazole rings is 1. The number of aliphatic carboxylic acids is 1. The first-order valence-electron chi connectivity index (χ1n) is 6.05. The van der Waals surface area contributed by atoms with Crippen molar-refractivity contribution in [2.24, 2.45) is 0 Å². The van der Waals surface area contributed by atoms with Crippen molar-refractivity contribution in [2.45, 2.75) is 19.4 Å². The number of aromatic amines is 1. The minimum absolute atomic E-state index is 0.0205. The number of allylic oxidation sites excluding steroid dienone is 1. The number of carboxylic acid groups (broad SMARTS) is 1. The lowest BCUT2D eigenvalue weighted by atomic mass is 10.1. The van der Waals surface area contributed by atoms with Crippen LogP contribution in [0, 0.1) is 0 Å². The summed E-state index contributed by atoms with van der Waals surface area (Å²) < 4.78 is 10.4. The van der Waals surface area contributed by atoms with E-state index >= 15 is 0 Å². The molecule has 0 saturated heterocycles. The van der Waals surface area contributed by atoms with Gasteiger partial charge in [-0.3, -0.25) is 4.79 Å². The van der Waals surface area contributed by atoms with E-state index in [-0.39, 0.29) is 18.8 Å². The predicted octanol–water partition coefficient (Wildman–Crippen LogP) is -0.200. The summed E-state index contributed by atoms with van der Waals surface area (Å²) in [5, 5.41) is 11.6. The van der Waals surface area contributed by atoms with Gasteiger partial charge in [-0.05, 0) is 6.92 Å². The maximum atomic E-state index is 12.0. The van der Waals surface area contributed by atoms with E-state index in [0.717, 1.165) is 0 Å². The van der Waals surface area contributed by atoms with Gasteiger partial charge in [0.2, 0.25) is 5.76 Å². The molecule has 8 heteroatoms. The zero-order valence-corrected chi connectivity index (χ0v) is 10.9. The monoisotopic (exact) mass is 281 g/mol. The van der Waals surface area contributed by atoms with Crippen LogP contribution in [0.15, 0.2) is 24.0 Å². The van der Waals surface area contributed by atoms with Crippen molar-refractivity contribution in [3.63, 3.8) is 0 Å². The molecule has 1 aliphatic heterocycles. The van der Waals surface area contributed by atoms with Crippen molar-refractivity contribution >= 4 is 11.9 Å². The second-order valence-corrected chi connectivity index (χ2v) is 4.23. The van der Waals surface area contributed by atoms with Crippen LogP contribution in [0.25, 0.3) is 0 Å². The van der Waals surface area contributed by atoms with E-state index < -0.39 is 17.9 Å². The smallest absolute Gasteiger partial charge is 0.326 e. The maximum Gasteiger partial charge on any atom is 0.326 e. The van der Waals surface area contributed by atoms with Gasteiger partial charge in [0.05, 0.1) is 6.33 Å². The van der Waals surface area contributed by atoms with Crippen LogP contribution < -0.4 is 5.32 Å². The van der Waals surface area contributed by atoms with E-state index in [0.29, 0.717) is 18.1 Å². The number of hydrogen-bond donors (Lipinski definition) is 3. The normalized spacial score (nSPS) is 16.1. The van der Waals surface area contributed by atoms with Crippen molar-refractivity contribution in [1.82, 2.24) is 15.3 Å². The summed E-state index contributed by atoms with van der Waals surface area (Å²) in [7, 11) is 0. The lowest BCUT2D eigenvalue weighted by molar-refractivity contribution is -0.142. The number of aromatic nitrogens is 2. The van der Waals surface area contributed by atoms with Crippen LogP contribution >= 0.6 is 0 Å². The molecule has 1 aromatic rings. The molecule has 0 bridgehead atoms. The van der Waals surface area contributed by atoms with Crippen LogP contribution in [0.5, 0.6) is 0 Å². The maximum absolute atomic E-state index is 12.0. The molecule has 1 aromatic heterocycles. The van der Waals surface area contributed by atoms with Gasteiger partial charge in [-0.2, -0.15) is 0 Å². The van der Waals surface area contributed by atoms with Gasteiger partial charge in [0.1, 0.15) is 25.0 Å². The molecule has 2 rings (SSSR count). The van der Waals surface area contributed by atoms with Gasteiger partial charge in [0.15, 0.2) is 0 Å². The number of rotatable bonds is 5. The number of carbonyl (C=O) groups is 2. The summed E-state index contributed by atoms with van der Waals surface area (Å²) in [6, 6.07) is -1.08. The number of carboxylic acids is 1. The third-order valence-corrected chi connectivity index (χ3v) is 2.76. The highest BCUT2D eigenvalue weighted by atomic mass is 16.6. The quantitative estimate of drug-likeness (QED) is 0.688. The van der Waals surface area contributed by atoms with E-state index in [1.165, 1.54) is 12.5 Å². The van der Waals surface area contributed by atoms with Gasteiger partial charge in [-0.25, -0.2) is 9.78 Å². The molecule has 2 heterocycles. The first kappa shape index (κ1) is 13.9. The van der Waals surface area contributed by atoms with Crippen LogP contribution in [0.4, 0.5) is 0 Å². The summed E-state index contributed by atoms with van der Waals surface area (Å²) >= 11 is 0. The number of ether oxygens (including phenoxy) is 2. The Labute approximate surface area is 114 Å². The fourth-order valence-corrected chi connectivity index (χ4v) is 1.77. The van der Waals surface area contributed by atoms with Crippen molar-refractivity contribution in [1.29, 1.82) is 0 Å². The number of amides is 1. The molecule has 108 valence electrons. The molecular weight excluding hydrogens is 266 g/mol. The standard InChI is InChI=1S/C12H15N3O5/c1-7-10(20-3-2-19-7)11(16)15-9(12(17)18)4-8-5-13-6-14-8/h5-6,9H,2-4H2,1H3,(H,13,14)(H,15,16)(H,17,18)/t9-/m0/s1. The summed E-state index contributed by atoms with van der Waals surface area (Å²) in [6.07, 6.45) is 3.06. The highest BCUT2D eigenvalue weighted by molar-refractivity contribution is 5.94. The van der Waals surface area contributed by atoms with Crippen LogP contribution in [0.3, 0.4) is 0 Å². The number of hydrogen-bond acceptors (Lipinski definition) is 5. The number of nitrogens with zero attached hydrogens (tertiary/aromatic N) is 1. The molecule has 8 nitrogen and oxygen atoms in total. The van der Waals surface area contributed by atoms with Crippen molar-refractivity contribution in [2.75, 3.05) is 13.2 Å². The van der Waals surface area contributed by atoms with Gasteiger partial charge in [-0.15, -0.1) is 0 Å². The molecule has 3 N–H and O–H groups in total. The fourth-order valence-electron chi connectivity index (χ4n) is 1.77. The zero-order valence-electron chi connectivity index (χ0n) is 10.9. The van der Waals surface area contributed by atoms with Gasteiger partial charge in [0, 0.05) is 18.3 Å². The van der Waals surface area contributed by atoms with Gasteiger partial charge < -0.3 is 24.9 Å². The fraction of sp³-hybridized carbons (Fsp3) is 0.417. The molecule has 1 aliphatic rings. The molecule has 1 atom stereocenters. The molecule has 0 aromatic carbocycles. The third-order valence-electron chi connectivity index (χ3n) is 2.76. The molecule has 0 radical (unpaired) electrons. The first-order chi connectivity index (χ1) is 9.58. The summed E-state index contributed by atoms with van der Waals surface area (Å²) in [5.41, 5.74) is 0.615. The Bertz CT molecular complexity index is 523. The van der Waals surface area contributed by atoms with E-state index in [1.807, 2.05) is 0 Å². The third kappa shape index (κ3) is 3.28. The van der Waals surface area contributed by atoms with Gasteiger partial charge >= 0.3 is 5.97 Å². The SMILES string of the molecule is CC1=C(C(=O)N[C@@H](Cc2cnc[nH]2)C(=O)O)OCCO1. The second kappa shape index (κ2) is 6.09. The largest absolute Gasteiger partial charge is 0.491 e. The Morgan fingerprint density at radius 2 is 2.25 bits per heavy atom. The molecule has 0 unspecified atom stereocenters. The average Bonchev–Trinajstić information content (AvgIpc) is 2.91. The molecule has 1 amide bonds. The lowest BCUT2D eigenvalue weighted by Crippen LogP contribution is -2.44. The molecule has 0 fully saturated rings. The molecule has 0 spiro atoms. The molecule has 0 saturated carbocycles. The average molecular weight is 281 g/mol. The van der Waals surface area contributed by atoms with Crippen molar-refractivity contribution in [3.05, 3.63) is 29.7 Å². The minimum atomic E-state index is -1.14. The van der Waals surface area contributed by atoms with Crippen molar-refractivity contribution in [3.8, 4) is 0 Å². The Morgan fingerprint density at radius 1 is 1.50 bits per heavy atom. The Hall–Kier alpha value is -2.51. The van der Waals surface area contributed by atoms with Crippen LogP contribution in [0.2, 0.25) is 0 Å². The second-order valence-electron chi connectivity index (χ2n) is 4.23. The zero-order chi connectivity index (χ0) is 14.5. The van der Waals surface area contributed by atoms with E-state index in [2.05, 4.69) is 15.3 Å².